The van der Waals surface area contributed by atoms with Crippen molar-refractivity contribution in [1.82, 2.24) is 0 Å². The van der Waals surface area contributed by atoms with E-state index in [0.717, 1.165) is 32.3 Å². The lowest BCUT2D eigenvalue weighted by Crippen LogP contribution is -2.31. The van der Waals surface area contributed by atoms with Crippen molar-refractivity contribution in [1.29, 1.82) is 0 Å². The second-order valence-corrected chi connectivity index (χ2v) is 13.4. The first kappa shape index (κ1) is 40.2. The van der Waals surface area contributed by atoms with Crippen LogP contribution in [0, 0.1) is 0 Å². The van der Waals surface area contributed by atoms with Crippen LogP contribution in [-0.2, 0) is 9.47 Å². The smallest absolute Gasteiger partial charge is 0.168 e. The second-order valence-electron chi connectivity index (χ2n) is 13.4. The highest BCUT2D eigenvalue weighted by Gasteiger charge is 2.39. The molecule has 1 aliphatic heterocycles. The number of hydrogen-bond donors (Lipinski definition) is 0. The van der Waals surface area contributed by atoms with Crippen LogP contribution >= 0.6 is 0 Å². The molecule has 0 aliphatic carbocycles. The Morgan fingerprint density at radius 2 is 0.860 bits per heavy atom. The van der Waals surface area contributed by atoms with Gasteiger partial charge in [0.2, 0.25) is 0 Å². The van der Waals surface area contributed by atoms with E-state index in [4.69, 9.17) is 9.47 Å². The van der Waals surface area contributed by atoms with E-state index >= 15 is 0 Å². The fourth-order valence-corrected chi connectivity index (χ4v) is 6.32. The van der Waals surface area contributed by atoms with E-state index in [2.05, 4.69) is 57.2 Å². The molecule has 0 saturated carbocycles. The van der Waals surface area contributed by atoms with Crippen LogP contribution < -0.4 is 0 Å². The highest BCUT2D eigenvalue weighted by atomic mass is 16.7. The zero-order chi connectivity index (χ0) is 30.9. The summed E-state index contributed by atoms with van der Waals surface area (Å²) in [4.78, 5) is 0. The largest absolute Gasteiger partial charge is 0.347 e. The van der Waals surface area contributed by atoms with Gasteiger partial charge in [-0.25, -0.2) is 0 Å². The van der Waals surface area contributed by atoms with Crippen molar-refractivity contribution < 1.29 is 9.47 Å². The molecular weight excluding hydrogens is 524 g/mol. The standard InChI is InChI=1S/C41H76O2/c1-4-7-9-11-13-15-17-19-21-23-25-27-29-31-33-35-38-41(42-39-40(43-41)36-6-3)37-34-32-30-28-26-24-22-20-18-16-14-12-10-8-5-2/h13-16,19,21,40H,4-12,17-18,20,22-39H2,1-3H3/b15-13-,16-14-,21-19-. The Kier molecular flexibility index (Phi) is 29.1. The molecule has 0 radical (unpaired) electrons. The third kappa shape index (κ3) is 25.1. The van der Waals surface area contributed by atoms with Gasteiger partial charge in [-0.2, -0.15) is 0 Å². The predicted molar refractivity (Wildman–Crippen MR) is 192 cm³/mol. The van der Waals surface area contributed by atoms with Crippen LogP contribution in [0.5, 0.6) is 0 Å². The molecule has 1 heterocycles. The Morgan fingerprint density at radius 3 is 1.30 bits per heavy atom. The summed E-state index contributed by atoms with van der Waals surface area (Å²) in [6.45, 7) is 7.62. The van der Waals surface area contributed by atoms with E-state index in [1.165, 1.54) is 161 Å². The molecule has 0 aromatic rings. The van der Waals surface area contributed by atoms with Crippen LogP contribution in [0.15, 0.2) is 36.5 Å². The number of allylic oxidation sites excluding steroid dienone is 6. The van der Waals surface area contributed by atoms with Gasteiger partial charge in [-0.3, -0.25) is 0 Å². The van der Waals surface area contributed by atoms with Crippen LogP contribution in [0.25, 0.3) is 0 Å². The lowest BCUT2D eigenvalue weighted by Gasteiger charge is -2.28. The molecule has 2 nitrogen and oxygen atoms in total. The Bertz CT molecular complexity index is 650. The summed E-state index contributed by atoms with van der Waals surface area (Å²) in [7, 11) is 0. The average molecular weight is 601 g/mol. The quantitative estimate of drug-likeness (QED) is 0.0565. The van der Waals surface area contributed by atoms with E-state index in [9.17, 15) is 0 Å². The zero-order valence-corrected chi connectivity index (χ0v) is 29.6. The Morgan fingerprint density at radius 1 is 0.465 bits per heavy atom. The average Bonchev–Trinajstić information content (AvgIpc) is 3.41. The SMILES string of the molecule is CCCCC/C=C\C/C=C\CCCCCCCCC1(CCCCCCCCCC/C=C\CCCCC)OCC(CCC)O1. The number of ether oxygens (including phenoxy) is 2. The van der Waals surface area contributed by atoms with Gasteiger partial charge in [0.25, 0.3) is 0 Å². The molecule has 0 aromatic carbocycles. The van der Waals surface area contributed by atoms with Crippen molar-refractivity contribution in [3.63, 3.8) is 0 Å². The van der Waals surface area contributed by atoms with Crippen LogP contribution in [0.2, 0.25) is 0 Å². The van der Waals surface area contributed by atoms with Gasteiger partial charge in [0.15, 0.2) is 5.79 Å². The molecular formula is C41H76O2. The minimum atomic E-state index is -0.279. The maximum absolute atomic E-state index is 6.59. The van der Waals surface area contributed by atoms with Gasteiger partial charge < -0.3 is 9.47 Å². The van der Waals surface area contributed by atoms with Crippen molar-refractivity contribution in [3.05, 3.63) is 36.5 Å². The molecule has 0 spiro atoms. The predicted octanol–water partition coefficient (Wildman–Crippen LogP) is 14.1. The third-order valence-electron chi connectivity index (χ3n) is 9.10. The maximum Gasteiger partial charge on any atom is 0.168 e. The molecule has 1 rings (SSSR count). The maximum atomic E-state index is 6.59. The van der Waals surface area contributed by atoms with Gasteiger partial charge in [-0.1, -0.05) is 154 Å². The van der Waals surface area contributed by atoms with E-state index in [1.54, 1.807) is 0 Å². The molecule has 252 valence electrons. The topological polar surface area (TPSA) is 18.5 Å². The van der Waals surface area contributed by atoms with E-state index in [0.29, 0.717) is 6.10 Å². The van der Waals surface area contributed by atoms with Crippen molar-refractivity contribution >= 4 is 0 Å². The minimum absolute atomic E-state index is 0.279. The number of rotatable bonds is 32. The fourth-order valence-electron chi connectivity index (χ4n) is 6.32. The summed E-state index contributed by atoms with van der Waals surface area (Å²) < 4.78 is 13.0. The Balaban J connectivity index is 2.07. The molecule has 2 unspecified atom stereocenters. The normalized spacial score (nSPS) is 19.2. The van der Waals surface area contributed by atoms with Crippen LogP contribution in [0.3, 0.4) is 0 Å². The van der Waals surface area contributed by atoms with Gasteiger partial charge in [0.1, 0.15) is 0 Å². The van der Waals surface area contributed by atoms with E-state index < -0.39 is 0 Å². The molecule has 0 amide bonds. The molecule has 0 bridgehead atoms. The van der Waals surface area contributed by atoms with Crippen molar-refractivity contribution in [2.45, 2.75) is 219 Å². The second kappa shape index (κ2) is 31.1. The van der Waals surface area contributed by atoms with E-state index in [-0.39, 0.29) is 5.79 Å². The van der Waals surface area contributed by atoms with Gasteiger partial charge in [0, 0.05) is 12.8 Å². The number of hydrogen-bond acceptors (Lipinski definition) is 2. The Hall–Kier alpha value is -0.860. The van der Waals surface area contributed by atoms with Crippen LogP contribution in [0.1, 0.15) is 207 Å². The minimum Gasteiger partial charge on any atom is -0.347 e. The summed E-state index contributed by atoms with van der Waals surface area (Å²) in [5.74, 6) is -0.279. The first-order chi connectivity index (χ1) is 21.3. The highest BCUT2D eigenvalue weighted by Crippen LogP contribution is 2.36. The number of unbranched alkanes of at least 4 members (excludes halogenated alkanes) is 20. The van der Waals surface area contributed by atoms with Gasteiger partial charge in [-0.05, 0) is 77.0 Å². The molecule has 2 atom stereocenters. The summed E-state index contributed by atoms with van der Waals surface area (Å²) >= 11 is 0. The van der Waals surface area contributed by atoms with Gasteiger partial charge in [0.05, 0.1) is 12.7 Å². The van der Waals surface area contributed by atoms with Gasteiger partial charge in [-0.15, -0.1) is 0 Å². The molecule has 1 aliphatic rings. The molecule has 1 fully saturated rings. The highest BCUT2D eigenvalue weighted by molar-refractivity contribution is 4.92. The molecule has 0 N–H and O–H groups in total. The summed E-state index contributed by atoms with van der Waals surface area (Å²) in [5, 5.41) is 0. The monoisotopic (exact) mass is 601 g/mol. The summed E-state index contributed by atoms with van der Waals surface area (Å²) in [5.41, 5.74) is 0. The van der Waals surface area contributed by atoms with Crippen molar-refractivity contribution in [2.24, 2.45) is 0 Å². The van der Waals surface area contributed by atoms with Crippen LogP contribution in [-0.4, -0.2) is 18.5 Å². The summed E-state index contributed by atoms with van der Waals surface area (Å²) in [6.07, 6.45) is 52.2. The van der Waals surface area contributed by atoms with Crippen molar-refractivity contribution in [2.75, 3.05) is 6.61 Å². The van der Waals surface area contributed by atoms with E-state index in [1.807, 2.05) is 0 Å². The van der Waals surface area contributed by atoms with Gasteiger partial charge >= 0.3 is 0 Å². The lowest BCUT2D eigenvalue weighted by molar-refractivity contribution is -0.180. The lowest BCUT2D eigenvalue weighted by atomic mass is 9.98. The fraction of sp³-hybridized carbons (Fsp3) is 0.854. The molecule has 0 aromatic heterocycles. The third-order valence-corrected chi connectivity index (χ3v) is 9.10. The summed E-state index contributed by atoms with van der Waals surface area (Å²) in [6, 6.07) is 0. The van der Waals surface area contributed by atoms with Crippen molar-refractivity contribution in [3.8, 4) is 0 Å². The molecule has 43 heavy (non-hydrogen) atoms. The molecule has 1 saturated heterocycles. The van der Waals surface area contributed by atoms with Crippen LogP contribution in [0.4, 0.5) is 0 Å². The first-order valence-corrected chi connectivity index (χ1v) is 19.5. The molecule has 2 heteroatoms. The first-order valence-electron chi connectivity index (χ1n) is 19.5. The zero-order valence-electron chi connectivity index (χ0n) is 29.6. The Labute approximate surface area is 270 Å².